The molecule has 0 aromatic carbocycles. The topological polar surface area (TPSA) is 58.6 Å². The van der Waals surface area contributed by atoms with Crippen molar-refractivity contribution in [3.8, 4) is 0 Å². The predicted octanol–water partition coefficient (Wildman–Crippen LogP) is 2.76. The van der Waals surface area contributed by atoms with Gasteiger partial charge in [-0.2, -0.15) is 0 Å². The van der Waals surface area contributed by atoms with Crippen LogP contribution in [0.3, 0.4) is 0 Å². The molecular weight excluding hydrogens is 280 g/mol. The number of nitrogens with zero attached hydrogens (tertiary/aromatic N) is 2. The Balaban J connectivity index is 1.66. The number of aliphatic hydroxyl groups excluding tert-OH is 1. The summed E-state index contributed by atoms with van der Waals surface area (Å²) in [5.74, 6) is 0.683. The van der Waals surface area contributed by atoms with Crippen LogP contribution in [0.5, 0.6) is 0 Å². The van der Waals surface area contributed by atoms with Gasteiger partial charge < -0.3 is 19.0 Å². The fraction of sp³-hybridized carbons (Fsp3) is 0.471. The summed E-state index contributed by atoms with van der Waals surface area (Å²) in [5, 5.41) is 10.3. The summed E-state index contributed by atoms with van der Waals surface area (Å²) in [5.41, 5.74) is 0. The maximum atomic E-state index is 12.7. The highest BCUT2D eigenvalue weighted by atomic mass is 16.4. The summed E-state index contributed by atoms with van der Waals surface area (Å²) < 4.78 is 7.17. The molecule has 3 heterocycles. The van der Waals surface area contributed by atoms with Gasteiger partial charge in [0.2, 0.25) is 5.91 Å². The largest absolute Gasteiger partial charge is 0.467 e. The number of amides is 1. The summed E-state index contributed by atoms with van der Waals surface area (Å²) in [6.45, 7) is 2.68. The number of furan rings is 1. The van der Waals surface area contributed by atoms with Crippen molar-refractivity contribution in [3.63, 3.8) is 0 Å². The Kier molecular flexibility index (Phi) is 4.34. The van der Waals surface area contributed by atoms with Crippen molar-refractivity contribution in [2.75, 3.05) is 6.54 Å². The average Bonchev–Trinajstić information content (AvgIpc) is 3.25. The number of aliphatic hydroxyl groups is 1. The van der Waals surface area contributed by atoms with Crippen molar-refractivity contribution in [2.45, 2.75) is 44.4 Å². The maximum Gasteiger partial charge on any atom is 0.245 e. The van der Waals surface area contributed by atoms with E-state index in [4.69, 9.17) is 4.42 Å². The van der Waals surface area contributed by atoms with Gasteiger partial charge in [-0.05, 0) is 44.0 Å². The third-order valence-corrected chi connectivity index (χ3v) is 4.46. The molecule has 2 aromatic heterocycles. The molecule has 1 fully saturated rings. The molecular formula is C17H22N2O3. The molecule has 2 aromatic rings. The van der Waals surface area contributed by atoms with E-state index in [0.717, 1.165) is 19.4 Å². The molecule has 5 nitrogen and oxygen atoms in total. The second-order valence-electron chi connectivity index (χ2n) is 5.90. The molecule has 0 saturated carbocycles. The predicted molar refractivity (Wildman–Crippen MR) is 82.2 cm³/mol. The van der Waals surface area contributed by atoms with Gasteiger partial charge in [-0.1, -0.05) is 0 Å². The van der Waals surface area contributed by atoms with Crippen molar-refractivity contribution in [1.82, 2.24) is 9.47 Å². The molecule has 1 amide bonds. The van der Waals surface area contributed by atoms with Crippen LogP contribution in [0, 0.1) is 0 Å². The molecule has 3 atom stereocenters. The first kappa shape index (κ1) is 14.9. The van der Waals surface area contributed by atoms with Crippen molar-refractivity contribution in [2.24, 2.45) is 0 Å². The van der Waals surface area contributed by atoms with Gasteiger partial charge in [0.25, 0.3) is 0 Å². The summed E-state index contributed by atoms with van der Waals surface area (Å²) in [7, 11) is 0. The molecule has 0 radical (unpaired) electrons. The molecule has 3 rings (SSSR count). The van der Waals surface area contributed by atoms with E-state index in [2.05, 4.69) is 0 Å². The lowest BCUT2D eigenvalue weighted by Gasteiger charge is -2.29. The fourth-order valence-electron chi connectivity index (χ4n) is 3.20. The zero-order valence-electron chi connectivity index (χ0n) is 12.8. The second-order valence-corrected chi connectivity index (χ2v) is 5.90. The summed E-state index contributed by atoms with van der Waals surface area (Å²) in [6, 6.07) is 7.25. The van der Waals surface area contributed by atoms with E-state index in [-0.39, 0.29) is 18.0 Å². The fourth-order valence-corrected chi connectivity index (χ4v) is 3.20. The first-order chi connectivity index (χ1) is 10.7. The van der Waals surface area contributed by atoms with E-state index in [1.54, 1.807) is 18.4 Å². The zero-order chi connectivity index (χ0) is 15.5. The highest BCUT2D eigenvalue weighted by Crippen LogP contribution is 2.29. The summed E-state index contributed by atoms with van der Waals surface area (Å²) >= 11 is 0. The van der Waals surface area contributed by atoms with Crippen LogP contribution in [-0.4, -0.2) is 33.1 Å². The van der Waals surface area contributed by atoms with Crippen molar-refractivity contribution >= 4 is 5.91 Å². The normalized spacial score (nSPS) is 21.0. The standard InChI is InChI=1S/C17H22N2O3/c1-13(18-8-2-3-9-18)17(21)19-10-4-6-14(19)12-15(20)16-7-5-11-22-16/h2-3,5,7-9,11,13-15,20H,4,6,10,12H2,1H3. The number of hydrogen-bond donors (Lipinski definition) is 1. The quantitative estimate of drug-likeness (QED) is 0.924. The molecule has 1 N–H and O–H groups in total. The van der Waals surface area contributed by atoms with E-state index in [0.29, 0.717) is 12.2 Å². The SMILES string of the molecule is CC(C(=O)N1CCCC1CC(O)c1ccco1)n1cccc1. The minimum absolute atomic E-state index is 0.0746. The molecule has 1 saturated heterocycles. The highest BCUT2D eigenvalue weighted by Gasteiger charge is 2.33. The van der Waals surface area contributed by atoms with E-state index in [1.807, 2.05) is 40.9 Å². The number of aromatic nitrogens is 1. The Morgan fingerprint density at radius 2 is 2.18 bits per heavy atom. The van der Waals surface area contributed by atoms with Gasteiger partial charge in [-0.25, -0.2) is 0 Å². The summed E-state index contributed by atoms with van der Waals surface area (Å²) in [6.07, 6.45) is 7.16. The third-order valence-electron chi connectivity index (χ3n) is 4.46. The first-order valence-electron chi connectivity index (χ1n) is 7.81. The molecule has 0 spiro atoms. The van der Waals surface area contributed by atoms with Crippen LogP contribution in [0.2, 0.25) is 0 Å². The van der Waals surface area contributed by atoms with Gasteiger partial charge >= 0.3 is 0 Å². The summed E-state index contributed by atoms with van der Waals surface area (Å²) in [4.78, 5) is 14.6. The van der Waals surface area contributed by atoms with Crippen molar-refractivity contribution in [1.29, 1.82) is 0 Å². The number of carbonyl (C=O) groups excluding carboxylic acids is 1. The monoisotopic (exact) mass is 302 g/mol. The minimum atomic E-state index is -0.657. The molecule has 3 unspecified atom stereocenters. The van der Waals surface area contributed by atoms with Gasteiger partial charge in [0.1, 0.15) is 17.9 Å². The van der Waals surface area contributed by atoms with Crippen LogP contribution in [0.1, 0.15) is 44.1 Å². The molecule has 1 aliphatic heterocycles. The molecule has 0 bridgehead atoms. The maximum absolute atomic E-state index is 12.7. The van der Waals surface area contributed by atoms with Gasteiger partial charge in [-0.3, -0.25) is 4.79 Å². The third kappa shape index (κ3) is 2.95. The van der Waals surface area contributed by atoms with Crippen LogP contribution >= 0.6 is 0 Å². The lowest BCUT2D eigenvalue weighted by Crippen LogP contribution is -2.40. The Labute approximate surface area is 130 Å². The zero-order valence-corrected chi connectivity index (χ0v) is 12.8. The smallest absolute Gasteiger partial charge is 0.245 e. The van der Waals surface area contributed by atoms with Crippen LogP contribution in [0.25, 0.3) is 0 Å². The molecule has 0 aliphatic carbocycles. The van der Waals surface area contributed by atoms with Crippen molar-refractivity contribution < 1.29 is 14.3 Å². The van der Waals surface area contributed by atoms with Gasteiger partial charge in [-0.15, -0.1) is 0 Å². The van der Waals surface area contributed by atoms with Gasteiger partial charge in [0.15, 0.2) is 0 Å². The first-order valence-corrected chi connectivity index (χ1v) is 7.81. The molecule has 118 valence electrons. The minimum Gasteiger partial charge on any atom is -0.467 e. The average molecular weight is 302 g/mol. The lowest BCUT2D eigenvalue weighted by atomic mass is 10.0. The Morgan fingerprint density at radius 3 is 2.86 bits per heavy atom. The number of carbonyl (C=O) groups is 1. The van der Waals surface area contributed by atoms with E-state index < -0.39 is 6.10 Å². The second kappa shape index (κ2) is 6.40. The number of rotatable bonds is 5. The van der Waals surface area contributed by atoms with Gasteiger partial charge in [0.05, 0.1) is 6.26 Å². The van der Waals surface area contributed by atoms with E-state index >= 15 is 0 Å². The van der Waals surface area contributed by atoms with Crippen LogP contribution < -0.4 is 0 Å². The Morgan fingerprint density at radius 1 is 1.41 bits per heavy atom. The van der Waals surface area contributed by atoms with E-state index in [9.17, 15) is 9.90 Å². The Bertz CT molecular complexity index is 591. The number of likely N-dealkylation sites (tertiary alicyclic amines) is 1. The van der Waals surface area contributed by atoms with Crippen LogP contribution in [0.15, 0.2) is 47.3 Å². The Hall–Kier alpha value is -2.01. The molecule has 5 heteroatoms. The van der Waals surface area contributed by atoms with Crippen molar-refractivity contribution in [3.05, 3.63) is 48.7 Å². The van der Waals surface area contributed by atoms with Gasteiger partial charge in [0, 0.05) is 31.4 Å². The van der Waals surface area contributed by atoms with Crippen LogP contribution in [0.4, 0.5) is 0 Å². The molecule has 22 heavy (non-hydrogen) atoms. The lowest BCUT2D eigenvalue weighted by molar-refractivity contribution is -0.135. The molecule has 1 aliphatic rings. The van der Waals surface area contributed by atoms with E-state index in [1.165, 1.54) is 0 Å². The highest BCUT2D eigenvalue weighted by molar-refractivity contribution is 5.80. The number of hydrogen-bond acceptors (Lipinski definition) is 3. The van der Waals surface area contributed by atoms with Crippen LogP contribution in [-0.2, 0) is 4.79 Å².